The summed E-state index contributed by atoms with van der Waals surface area (Å²) in [5, 5.41) is 3.88. The van der Waals surface area contributed by atoms with Crippen LogP contribution < -0.4 is 5.32 Å². The van der Waals surface area contributed by atoms with Crippen LogP contribution in [0.3, 0.4) is 0 Å². The van der Waals surface area contributed by atoms with E-state index in [0.29, 0.717) is 30.0 Å². The number of nitrogens with one attached hydrogen (secondary N) is 1. The van der Waals surface area contributed by atoms with Crippen LogP contribution >= 0.6 is 11.6 Å². The standard InChI is InChI=1S/C17H20ClFN4O/c1-22-8-7-20-17(22)16-14(5-6-15(24)23(16)2)21-10-11-9-12(18)3-4-13(11)19/h3-4,7-9,14,16,21H,5-6,10H2,1-2H3/t14-,16-/m1/s1. The van der Waals surface area contributed by atoms with Crippen molar-refractivity contribution in [1.29, 1.82) is 0 Å². The molecular formula is C17H20ClFN4O. The van der Waals surface area contributed by atoms with Crippen LogP contribution in [0.2, 0.25) is 5.02 Å². The van der Waals surface area contributed by atoms with Gasteiger partial charge in [0, 0.05) is 56.1 Å². The molecule has 2 atom stereocenters. The van der Waals surface area contributed by atoms with E-state index in [-0.39, 0.29) is 23.8 Å². The molecule has 5 nitrogen and oxygen atoms in total. The molecule has 0 aliphatic carbocycles. The number of likely N-dealkylation sites (tertiary alicyclic amines) is 1. The van der Waals surface area contributed by atoms with Crippen molar-refractivity contribution in [1.82, 2.24) is 19.8 Å². The fourth-order valence-corrected chi connectivity index (χ4v) is 3.38. The van der Waals surface area contributed by atoms with Gasteiger partial charge >= 0.3 is 0 Å². The minimum atomic E-state index is -0.291. The maximum Gasteiger partial charge on any atom is 0.223 e. The number of piperidine rings is 1. The second-order valence-corrected chi connectivity index (χ2v) is 6.54. The van der Waals surface area contributed by atoms with Crippen LogP contribution in [0.5, 0.6) is 0 Å². The minimum Gasteiger partial charge on any atom is -0.336 e. The average Bonchev–Trinajstić information content (AvgIpc) is 2.97. The van der Waals surface area contributed by atoms with Gasteiger partial charge in [0.25, 0.3) is 0 Å². The minimum absolute atomic E-state index is 0.00724. The number of carbonyl (C=O) groups is 1. The highest BCUT2D eigenvalue weighted by Crippen LogP contribution is 2.30. The van der Waals surface area contributed by atoms with Crippen LogP contribution in [0.1, 0.15) is 30.3 Å². The van der Waals surface area contributed by atoms with E-state index in [2.05, 4.69) is 10.3 Å². The molecule has 1 aromatic carbocycles. The number of imidazole rings is 1. The normalized spacial score (nSPS) is 21.3. The number of hydrogen-bond acceptors (Lipinski definition) is 3. The fraction of sp³-hybridized carbons (Fsp3) is 0.412. The summed E-state index contributed by atoms with van der Waals surface area (Å²) in [6.07, 6.45) is 4.72. The zero-order valence-electron chi connectivity index (χ0n) is 13.7. The zero-order chi connectivity index (χ0) is 17.3. The van der Waals surface area contributed by atoms with E-state index in [9.17, 15) is 9.18 Å². The quantitative estimate of drug-likeness (QED) is 0.922. The molecule has 24 heavy (non-hydrogen) atoms. The van der Waals surface area contributed by atoms with Crippen LogP contribution in [0, 0.1) is 5.82 Å². The molecule has 1 aromatic heterocycles. The predicted molar refractivity (Wildman–Crippen MR) is 90.0 cm³/mol. The predicted octanol–water partition coefficient (Wildman–Crippen LogP) is 2.66. The van der Waals surface area contributed by atoms with Gasteiger partial charge in [-0.3, -0.25) is 4.79 Å². The summed E-state index contributed by atoms with van der Waals surface area (Å²) in [5.41, 5.74) is 0.514. The van der Waals surface area contributed by atoms with E-state index >= 15 is 0 Å². The van der Waals surface area contributed by atoms with Gasteiger partial charge in [-0.15, -0.1) is 0 Å². The largest absolute Gasteiger partial charge is 0.336 e. The lowest BCUT2D eigenvalue weighted by Gasteiger charge is -2.39. The van der Waals surface area contributed by atoms with Crippen LogP contribution in [0.4, 0.5) is 4.39 Å². The zero-order valence-corrected chi connectivity index (χ0v) is 14.4. The van der Waals surface area contributed by atoms with Gasteiger partial charge in [0.1, 0.15) is 17.7 Å². The van der Waals surface area contributed by atoms with E-state index in [1.165, 1.54) is 12.1 Å². The van der Waals surface area contributed by atoms with Gasteiger partial charge in [0.05, 0.1) is 0 Å². The Labute approximate surface area is 145 Å². The highest BCUT2D eigenvalue weighted by atomic mass is 35.5. The molecule has 7 heteroatoms. The van der Waals surface area contributed by atoms with Gasteiger partial charge in [0.15, 0.2) is 0 Å². The first-order valence-corrected chi connectivity index (χ1v) is 8.25. The first kappa shape index (κ1) is 16.9. The molecule has 1 aliphatic heterocycles. The molecule has 1 amide bonds. The summed E-state index contributed by atoms with van der Waals surface area (Å²) in [5.74, 6) is 0.616. The highest BCUT2D eigenvalue weighted by molar-refractivity contribution is 6.30. The Morgan fingerprint density at radius 3 is 2.92 bits per heavy atom. The molecule has 0 bridgehead atoms. The number of carbonyl (C=O) groups excluding carboxylic acids is 1. The number of rotatable bonds is 4. The van der Waals surface area contributed by atoms with Gasteiger partial charge in [-0.1, -0.05) is 11.6 Å². The van der Waals surface area contributed by atoms with Crippen molar-refractivity contribution in [2.75, 3.05) is 7.05 Å². The summed E-state index contributed by atoms with van der Waals surface area (Å²) < 4.78 is 15.8. The lowest BCUT2D eigenvalue weighted by atomic mass is 9.95. The Kier molecular flexibility index (Phi) is 4.87. The van der Waals surface area contributed by atoms with Crippen LogP contribution in [0.15, 0.2) is 30.6 Å². The molecule has 3 rings (SSSR count). The Morgan fingerprint density at radius 2 is 2.21 bits per heavy atom. The summed E-state index contributed by atoms with van der Waals surface area (Å²) in [6.45, 7) is 0.347. The van der Waals surface area contributed by atoms with Crippen molar-refractivity contribution in [2.24, 2.45) is 7.05 Å². The third-order valence-corrected chi connectivity index (χ3v) is 4.78. The third-order valence-electron chi connectivity index (χ3n) is 4.55. The Balaban J connectivity index is 1.81. The molecule has 2 heterocycles. The van der Waals surface area contributed by atoms with E-state index in [0.717, 1.165) is 5.82 Å². The number of likely N-dealkylation sites (N-methyl/N-ethyl adjacent to an activating group) is 1. The van der Waals surface area contributed by atoms with E-state index < -0.39 is 0 Å². The molecule has 1 N–H and O–H groups in total. The van der Waals surface area contributed by atoms with E-state index in [4.69, 9.17) is 11.6 Å². The number of halogens is 2. The van der Waals surface area contributed by atoms with E-state index in [1.54, 1.807) is 24.2 Å². The van der Waals surface area contributed by atoms with E-state index in [1.807, 2.05) is 17.8 Å². The molecular weight excluding hydrogens is 331 g/mol. The Hall–Kier alpha value is -1.92. The van der Waals surface area contributed by atoms with Crippen molar-refractivity contribution in [3.63, 3.8) is 0 Å². The molecule has 1 aliphatic rings. The molecule has 1 saturated heterocycles. The molecule has 0 unspecified atom stereocenters. The summed E-state index contributed by atoms with van der Waals surface area (Å²) in [7, 11) is 3.69. The van der Waals surface area contributed by atoms with Gasteiger partial charge < -0.3 is 14.8 Å². The molecule has 0 saturated carbocycles. The average molecular weight is 351 g/mol. The second-order valence-electron chi connectivity index (χ2n) is 6.11. The van der Waals surface area contributed by atoms with Crippen LogP contribution in [-0.4, -0.2) is 33.4 Å². The smallest absolute Gasteiger partial charge is 0.223 e. The summed E-state index contributed by atoms with van der Waals surface area (Å²) in [4.78, 5) is 18.2. The van der Waals surface area contributed by atoms with Gasteiger partial charge in [0.2, 0.25) is 5.91 Å². The second kappa shape index (κ2) is 6.91. The number of hydrogen-bond donors (Lipinski definition) is 1. The molecule has 0 radical (unpaired) electrons. The number of amides is 1. The summed E-state index contributed by atoms with van der Waals surface area (Å²) >= 11 is 5.95. The first-order valence-electron chi connectivity index (χ1n) is 7.87. The van der Waals surface area contributed by atoms with Crippen molar-refractivity contribution >= 4 is 17.5 Å². The summed E-state index contributed by atoms with van der Waals surface area (Å²) in [6, 6.07) is 4.33. The number of benzene rings is 1. The number of aromatic nitrogens is 2. The third kappa shape index (κ3) is 3.30. The maximum absolute atomic E-state index is 13.9. The van der Waals surface area contributed by atoms with Crippen molar-refractivity contribution in [3.8, 4) is 0 Å². The topological polar surface area (TPSA) is 50.2 Å². The molecule has 1 fully saturated rings. The van der Waals surface area contributed by atoms with Crippen molar-refractivity contribution < 1.29 is 9.18 Å². The molecule has 0 spiro atoms. The number of aryl methyl sites for hydroxylation is 1. The van der Waals surface area contributed by atoms with Crippen LogP contribution in [0.25, 0.3) is 0 Å². The first-order chi connectivity index (χ1) is 11.5. The Morgan fingerprint density at radius 1 is 1.42 bits per heavy atom. The van der Waals surface area contributed by atoms with Crippen LogP contribution in [-0.2, 0) is 18.4 Å². The SMILES string of the molecule is CN1C(=O)CC[C@@H](NCc2cc(Cl)ccc2F)[C@@H]1c1nccn1C. The maximum atomic E-state index is 13.9. The lowest BCUT2D eigenvalue weighted by Crippen LogP contribution is -2.49. The highest BCUT2D eigenvalue weighted by Gasteiger charge is 2.36. The van der Waals surface area contributed by atoms with Gasteiger partial charge in [-0.2, -0.15) is 0 Å². The molecule has 2 aromatic rings. The van der Waals surface area contributed by atoms with Gasteiger partial charge in [-0.05, 0) is 24.6 Å². The van der Waals surface area contributed by atoms with Gasteiger partial charge in [-0.25, -0.2) is 9.37 Å². The Bertz CT molecular complexity index is 748. The molecule has 128 valence electrons. The van der Waals surface area contributed by atoms with Crippen molar-refractivity contribution in [2.45, 2.75) is 31.5 Å². The fourth-order valence-electron chi connectivity index (χ4n) is 3.19. The monoisotopic (exact) mass is 350 g/mol. The van der Waals surface area contributed by atoms with Crippen molar-refractivity contribution in [3.05, 3.63) is 52.8 Å². The lowest BCUT2D eigenvalue weighted by molar-refractivity contribution is -0.136. The number of nitrogens with zero attached hydrogens (tertiary/aromatic N) is 3.